The van der Waals surface area contributed by atoms with Gasteiger partial charge < -0.3 is 0 Å². The molecule has 0 atom stereocenters. The van der Waals surface area contributed by atoms with E-state index in [9.17, 15) is 0 Å². The van der Waals surface area contributed by atoms with E-state index in [0.29, 0.717) is 0 Å². The second-order valence-corrected chi connectivity index (χ2v) is 4.45. The standard InChI is InChI=1S/C19H14/c1-2-8-18(9-3-1)19-14-12-17(13-15-19)11-10-16-6-4-5-7-16/h1-6,8-15H/b11-10+. The van der Waals surface area contributed by atoms with Gasteiger partial charge in [-0.15, -0.1) is 5.73 Å². The van der Waals surface area contributed by atoms with Gasteiger partial charge in [-0.2, -0.15) is 0 Å². The Morgan fingerprint density at radius 2 is 1.47 bits per heavy atom. The molecule has 0 heterocycles. The van der Waals surface area contributed by atoms with E-state index in [-0.39, 0.29) is 0 Å². The molecule has 90 valence electrons. The van der Waals surface area contributed by atoms with Crippen molar-refractivity contribution in [2.24, 2.45) is 0 Å². The normalized spacial score (nSPS) is 13.2. The molecule has 3 rings (SSSR count). The molecule has 0 nitrogen and oxygen atoms in total. The van der Waals surface area contributed by atoms with Crippen molar-refractivity contribution in [2.75, 3.05) is 0 Å². The van der Waals surface area contributed by atoms with E-state index in [1.807, 2.05) is 18.2 Å². The molecule has 0 fully saturated rings. The molecule has 0 unspecified atom stereocenters. The molecule has 19 heavy (non-hydrogen) atoms. The number of allylic oxidation sites excluding steroid dienone is 4. The highest BCUT2D eigenvalue weighted by atomic mass is 14.0. The summed E-state index contributed by atoms with van der Waals surface area (Å²) in [6.45, 7) is 0. The van der Waals surface area contributed by atoms with E-state index >= 15 is 0 Å². The lowest BCUT2D eigenvalue weighted by Gasteiger charge is -2.01. The van der Waals surface area contributed by atoms with Crippen LogP contribution in [0.15, 0.2) is 90.2 Å². The van der Waals surface area contributed by atoms with Gasteiger partial charge in [-0.3, -0.25) is 0 Å². The van der Waals surface area contributed by atoms with Crippen molar-refractivity contribution in [2.45, 2.75) is 0 Å². The Hall–Kier alpha value is -2.56. The zero-order chi connectivity index (χ0) is 12.9. The molecule has 0 N–H and O–H groups in total. The van der Waals surface area contributed by atoms with Crippen molar-refractivity contribution in [1.82, 2.24) is 0 Å². The minimum Gasteiger partial charge on any atom is -0.113 e. The molecular formula is C19H14. The highest BCUT2D eigenvalue weighted by molar-refractivity contribution is 5.66. The third-order valence-electron chi connectivity index (χ3n) is 3.10. The molecule has 0 heteroatoms. The Bertz CT molecular complexity index is 677. The van der Waals surface area contributed by atoms with Gasteiger partial charge in [-0.1, -0.05) is 66.7 Å². The van der Waals surface area contributed by atoms with Crippen LogP contribution in [-0.4, -0.2) is 0 Å². The first-order valence-electron chi connectivity index (χ1n) is 6.39. The Kier molecular flexibility index (Phi) is 3.27. The zero-order valence-electron chi connectivity index (χ0n) is 10.6. The van der Waals surface area contributed by atoms with Gasteiger partial charge in [0.2, 0.25) is 0 Å². The third-order valence-corrected chi connectivity index (χ3v) is 3.10. The molecule has 0 radical (unpaired) electrons. The smallest absolute Gasteiger partial charge is 0.0165 e. The van der Waals surface area contributed by atoms with Gasteiger partial charge in [0.05, 0.1) is 0 Å². The van der Waals surface area contributed by atoms with Crippen LogP contribution in [-0.2, 0) is 0 Å². The van der Waals surface area contributed by atoms with Crippen molar-refractivity contribution in [3.63, 3.8) is 0 Å². The van der Waals surface area contributed by atoms with E-state index in [2.05, 4.69) is 72.5 Å². The molecule has 0 aliphatic heterocycles. The van der Waals surface area contributed by atoms with E-state index in [1.165, 1.54) is 16.7 Å². The Morgan fingerprint density at radius 1 is 0.737 bits per heavy atom. The summed E-state index contributed by atoms with van der Waals surface area (Å²) in [7, 11) is 0. The number of rotatable bonds is 3. The summed E-state index contributed by atoms with van der Waals surface area (Å²) in [4.78, 5) is 0. The van der Waals surface area contributed by atoms with Crippen molar-refractivity contribution in [3.8, 4) is 11.1 Å². The maximum atomic E-state index is 3.16. The van der Waals surface area contributed by atoms with Gasteiger partial charge in [0.15, 0.2) is 0 Å². The molecule has 2 aromatic rings. The van der Waals surface area contributed by atoms with Crippen LogP contribution in [0.5, 0.6) is 0 Å². The monoisotopic (exact) mass is 242 g/mol. The highest BCUT2D eigenvalue weighted by Gasteiger charge is 1.95. The van der Waals surface area contributed by atoms with E-state index < -0.39 is 0 Å². The molecule has 0 spiro atoms. The van der Waals surface area contributed by atoms with Gasteiger partial charge in [-0.25, -0.2) is 0 Å². The largest absolute Gasteiger partial charge is 0.113 e. The van der Waals surface area contributed by atoms with Gasteiger partial charge in [0.25, 0.3) is 0 Å². The van der Waals surface area contributed by atoms with Gasteiger partial charge in [0, 0.05) is 5.57 Å². The van der Waals surface area contributed by atoms with E-state index in [1.54, 1.807) is 0 Å². The van der Waals surface area contributed by atoms with Crippen LogP contribution < -0.4 is 0 Å². The third kappa shape index (κ3) is 2.82. The highest BCUT2D eigenvalue weighted by Crippen LogP contribution is 2.20. The first kappa shape index (κ1) is 11.5. The Balaban J connectivity index is 1.80. The lowest BCUT2D eigenvalue weighted by Crippen LogP contribution is -1.78. The minimum atomic E-state index is 1.12. The second-order valence-electron chi connectivity index (χ2n) is 4.45. The first-order chi connectivity index (χ1) is 9.42. The summed E-state index contributed by atoms with van der Waals surface area (Å²) in [5, 5.41) is 0. The summed E-state index contributed by atoms with van der Waals surface area (Å²) >= 11 is 0. The minimum absolute atomic E-state index is 1.12. The molecule has 0 aromatic heterocycles. The maximum absolute atomic E-state index is 3.16. The van der Waals surface area contributed by atoms with Crippen LogP contribution in [0, 0.1) is 0 Å². The van der Waals surface area contributed by atoms with Crippen LogP contribution in [0.25, 0.3) is 17.2 Å². The molecule has 1 aliphatic rings. The fourth-order valence-electron chi connectivity index (χ4n) is 2.05. The van der Waals surface area contributed by atoms with Crippen LogP contribution in [0.4, 0.5) is 0 Å². The van der Waals surface area contributed by atoms with Crippen LogP contribution >= 0.6 is 0 Å². The fraction of sp³-hybridized carbons (Fsp3) is 0. The Labute approximate surface area is 113 Å². The summed E-state index contributed by atoms with van der Waals surface area (Å²) in [6, 6.07) is 19.0. The first-order valence-corrected chi connectivity index (χ1v) is 6.39. The second kappa shape index (κ2) is 5.39. The summed E-state index contributed by atoms with van der Waals surface area (Å²) in [5.41, 5.74) is 7.98. The predicted octanol–water partition coefficient (Wildman–Crippen LogP) is 5.02. The lowest BCUT2D eigenvalue weighted by atomic mass is 10.0. The summed E-state index contributed by atoms with van der Waals surface area (Å²) in [6.07, 6.45) is 10.2. The lowest BCUT2D eigenvalue weighted by molar-refractivity contribution is 1.60. The average molecular weight is 242 g/mol. The summed E-state index contributed by atoms with van der Waals surface area (Å²) in [5.74, 6) is 0. The zero-order valence-corrected chi connectivity index (χ0v) is 10.6. The van der Waals surface area contributed by atoms with Crippen LogP contribution in [0.3, 0.4) is 0 Å². The maximum Gasteiger partial charge on any atom is 0.0165 e. The van der Waals surface area contributed by atoms with Crippen molar-refractivity contribution < 1.29 is 0 Å². The van der Waals surface area contributed by atoms with Crippen molar-refractivity contribution in [1.29, 1.82) is 0 Å². The van der Waals surface area contributed by atoms with Crippen molar-refractivity contribution >= 4 is 6.08 Å². The van der Waals surface area contributed by atoms with Gasteiger partial charge >= 0.3 is 0 Å². The number of hydrogen-bond donors (Lipinski definition) is 0. The summed E-state index contributed by atoms with van der Waals surface area (Å²) < 4.78 is 0. The SMILES string of the molecule is C1=CC=CC=1/C=C/c1ccc(-c2ccccc2)cc1. The van der Waals surface area contributed by atoms with Gasteiger partial charge in [-0.05, 0) is 34.9 Å². The van der Waals surface area contributed by atoms with Gasteiger partial charge in [0.1, 0.15) is 0 Å². The molecule has 0 saturated heterocycles. The van der Waals surface area contributed by atoms with Crippen LogP contribution in [0.1, 0.15) is 5.56 Å². The van der Waals surface area contributed by atoms with E-state index in [4.69, 9.17) is 0 Å². The number of hydrogen-bond acceptors (Lipinski definition) is 0. The molecule has 0 saturated carbocycles. The molecule has 0 bridgehead atoms. The Morgan fingerprint density at radius 3 is 2.16 bits per heavy atom. The van der Waals surface area contributed by atoms with Crippen molar-refractivity contribution in [3.05, 3.63) is 95.8 Å². The molecular weight excluding hydrogens is 228 g/mol. The predicted molar refractivity (Wildman–Crippen MR) is 81.6 cm³/mol. The average Bonchev–Trinajstić information content (AvgIpc) is 3.00. The quantitative estimate of drug-likeness (QED) is 0.663. The molecule has 1 aliphatic carbocycles. The topological polar surface area (TPSA) is 0 Å². The molecule has 0 amide bonds. The van der Waals surface area contributed by atoms with Crippen LogP contribution in [0.2, 0.25) is 0 Å². The van der Waals surface area contributed by atoms with E-state index in [0.717, 1.165) is 5.57 Å². The molecule has 2 aromatic carbocycles. The fourth-order valence-corrected chi connectivity index (χ4v) is 2.05. The number of benzene rings is 2.